The molecule has 6 nitrogen and oxygen atoms in total. The highest BCUT2D eigenvalue weighted by Crippen LogP contribution is 1.98. The fraction of sp³-hybridized carbons (Fsp3) is 0.933. The van der Waals surface area contributed by atoms with Crippen molar-refractivity contribution in [2.24, 2.45) is 10.9 Å². The molecule has 6 heteroatoms. The first-order valence-electron chi connectivity index (χ1n) is 7.87. The molecule has 0 aromatic heterocycles. The summed E-state index contributed by atoms with van der Waals surface area (Å²) in [5.74, 6) is 1.50. The molecule has 0 atom stereocenters. The molecule has 0 heterocycles. The van der Waals surface area contributed by atoms with Gasteiger partial charge in [-0.1, -0.05) is 13.8 Å². The highest BCUT2D eigenvalue weighted by atomic mass is 16.5. The van der Waals surface area contributed by atoms with Crippen LogP contribution < -0.4 is 10.6 Å². The second-order valence-electron chi connectivity index (χ2n) is 5.09. The van der Waals surface area contributed by atoms with E-state index in [1.807, 2.05) is 6.92 Å². The van der Waals surface area contributed by atoms with E-state index in [1.54, 1.807) is 7.11 Å². The number of aliphatic imine (C=N–C) groups is 1. The first kappa shape index (κ1) is 20.1. The SMILES string of the molecule is CCNC(=NCCOCCOC)NCCOCCC(C)C. The molecule has 0 fully saturated rings. The maximum Gasteiger partial charge on any atom is 0.191 e. The van der Waals surface area contributed by atoms with Gasteiger partial charge < -0.3 is 24.8 Å². The van der Waals surface area contributed by atoms with Crippen molar-refractivity contribution in [3.8, 4) is 0 Å². The van der Waals surface area contributed by atoms with Crippen LogP contribution in [0, 0.1) is 5.92 Å². The van der Waals surface area contributed by atoms with E-state index in [9.17, 15) is 0 Å². The van der Waals surface area contributed by atoms with Crippen LogP contribution >= 0.6 is 0 Å². The summed E-state index contributed by atoms with van der Waals surface area (Å²) < 4.78 is 15.8. The summed E-state index contributed by atoms with van der Waals surface area (Å²) in [5, 5.41) is 6.44. The van der Waals surface area contributed by atoms with Gasteiger partial charge in [-0.05, 0) is 19.3 Å². The smallest absolute Gasteiger partial charge is 0.191 e. The molecule has 0 aliphatic carbocycles. The average molecular weight is 303 g/mol. The second kappa shape index (κ2) is 15.5. The third kappa shape index (κ3) is 15.4. The van der Waals surface area contributed by atoms with Crippen LogP contribution in [-0.4, -0.2) is 65.7 Å². The summed E-state index contributed by atoms with van der Waals surface area (Å²) in [7, 11) is 1.66. The summed E-state index contributed by atoms with van der Waals surface area (Å²) in [4.78, 5) is 4.43. The predicted octanol–water partition coefficient (Wildman–Crippen LogP) is 1.27. The summed E-state index contributed by atoms with van der Waals surface area (Å²) >= 11 is 0. The normalized spacial score (nSPS) is 12.0. The van der Waals surface area contributed by atoms with Crippen molar-refractivity contribution in [3.63, 3.8) is 0 Å². The Morgan fingerprint density at radius 2 is 1.76 bits per heavy atom. The standard InChI is InChI=1S/C15H33N3O3/c1-5-16-15(18-8-11-21-13-12-19-4)17-7-10-20-9-6-14(2)3/h14H,5-13H2,1-4H3,(H2,16,17,18). The molecule has 0 unspecified atom stereocenters. The molecule has 126 valence electrons. The van der Waals surface area contributed by atoms with Gasteiger partial charge in [0, 0.05) is 26.8 Å². The molecule has 21 heavy (non-hydrogen) atoms. The van der Waals surface area contributed by atoms with Crippen molar-refractivity contribution in [3.05, 3.63) is 0 Å². The first-order chi connectivity index (χ1) is 10.2. The Morgan fingerprint density at radius 1 is 1.00 bits per heavy atom. The van der Waals surface area contributed by atoms with Gasteiger partial charge in [0.2, 0.25) is 0 Å². The zero-order valence-electron chi connectivity index (χ0n) is 14.1. The number of hydrogen-bond acceptors (Lipinski definition) is 4. The highest BCUT2D eigenvalue weighted by molar-refractivity contribution is 5.79. The van der Waals surface area contributed by atoms with E-state index in [-0.39, 0.29) is 0 Å². The lowest BCUT2D eigenvalue weighted by Gasteiger charge is -2.12. The van der Waals surface area contributed by atoms with Crippen LogP contribution in [-0.2, 0) is 14.2 Å². The summed E-state index contributed by atoms with van der Waals surface area (Å²) in [6.45, 7) is 12.0. The Balaban J connectivity index is 3.65. The van der Waals surface area contributed by atoms with Crippen molar-refractivity contribution >= 4 is 5.96 Å². The van der Waals surface area contributed by atoms with E-state index in [2.05, 4.69) is 29.5 Å². The van der Waals surface area contributed by atoms with E-state index in [1.165, 1.54) is 0 Å². The number of hydrogen-bond donors (Lipinski definition) is 2. The molecule has 0 aliphatic heterocycles. The predicted molar refractivity (Wildman–Crippen MR) is 87.0 cm³/mol. The Hall–Kier alpha value is -0.850. The minimum absolute atomic E-state index is 0.602. The van der Waals surface area contributed by atoms with Gasteiger partial charge in [0.25, 0.3) is 0 Å². The quantitative estimate of drug-likeness (QED) is 0.305. The molecular formula is C15H33N3O3. The lowest BCUT2D eigenvalue weighted by atomic mass is 10.1. The molecule has 0 rings (SSSR count). The summed E-state index contributed by atoms with van der Waals surface area (Å²) in [6, 6.07) is 0. The Bertz CT molecular complexity index is 248. The number of nitrogens with one attached hydrogen (secondary N) is 2. The topological polar surface area (TPSA) is 64.1 Å². The lowest BCUT2D eigenvalue weighted by molar-refractivity contribution is 0.0748. The molecule has 0 radical (unpaired) electrons. The Labute approximate surface area is 129 Å². The largest absolute Gasteiger partial charge is 0.382 e. The fourth-order valence-electron chi connectivity index (χ4n) is 1.47. The highest BCUT2D eigenvalue weighted by Gasteiger charge is 1.97. The minimum Gasteiger partial charge on any atom is -0.382 e. The van der Waals surface area contributed by atoms with E-state index in [4.69, 9.17) is 14.2 Å². The van der Waals surface area contributed by atoms with Crippen molar-refractivity contribution in [1.29, 1.82) is 0 Å². The van der Waals surface area contributed by atoms with Gasteiger partial charge in [0.15, 0.2) is 5.96 Å². The van der Waals surface area contributed by atoms with Crippen molar-refractivity contribution in [2.75, 3.05) is 59.8 Å². The number of methoxy groups -OCH3 is 1. The van der Waals surface area contributed by atoms with E-state index in [0.29, 0.717) is 38.9 Å². The molecule has 2 N–H and O–H groups in total. The van der Waals surface area contributed by atoms with Crippen molar-refractivity contribution in [2.45, 2.75) is 27.2 Å². The number of guanidine groups is 1. The maximum absolute atomic E-state index is 5.56. The third-order valence-electron chi connectivity index (χ3n) is 2.66. The second-order valence-corrected chi connectivity index (χ2v) is 5.09. The van der Waals surface area contributed by atoms with Gasteiger partial charge in [-0.15, -0.1) is 0 Å². The van der Waals surface area contributed by atoms with Crippen LogP contribution in [0.1, 0.15) is 27.2 Å². The van der Waals surface area contributed by atoms with Crippen molar-refractivity contribution in [1.82, 2.24) is 10.6 Å². The molecule has 0 amide bonds. The summed E-state index contributed by atoms with van der Waals surface area (Å²) in [5.41, 5.74) is 0. The van der Waals surface area contributed by atoms with Crippen LogP contribution in [0.3, 0.4) is 0 Å². The van der Waals surface area contributed by atoms with Crippen LogP contribution in [0.15, 0.2) is 4.99 Å². The van der Waals surface area contributed by atoms with Gasteiger partial charge in [0.1, 0.15) is 0 Å². The molecule has 0 bridgehead atoms. The van der Waals surface area contributed by atoms with Crippen LogP contribution in [0.5, 0.6) is 0 Å². The molecule has 0 saturated heterocycles. The Kier molecular flexibility index (Phi) is 14.9. The molecular weight excluding hydrogens is 270 g/mol. The molecule has 0 spiro atoms. The zero-order valence-corrected chi connectivity index (χ0v) is 14.1. The van der Waals surface area contributed by atoms with Crippen LogP contribution in [0.4, 0.5) is 0 Å². The van der Waals surface area contributed by atoms with Crippen LogP contribution in [0.2, 0.25) is 0 Å². The van der Waals surface area contributed by atoms with Gasteiger partial charge >= 0.3 is 0 Å². The number of ether oxygens (including phenoxy) is 3. The lowest BCUT2D eigenvalue weighted by Crippen LogP contribution is -2.39. The van der Waals surface area contributed by atoms with E-state index < -0.39 is 0 Å². The summed E-state index contributed by atoms with van der Waals surface area (Å²) in [6.07, 6.45) is 1.10. The first-order valence-corrected chi connectivity index (χ1v) is 7.87. The molecule has 0 saturated carbocycles. The van der Waals surface area contributed by atoms with Gasteiger partial charge in [-0.2, -0.15) is 0 Å². The number of nitrogens with zero attached hydrogens (tertiary/aromatic N) is 1. The average Bonchev–Trinajstić information content (AvgIpc) is 2.45. The van der Waals surface area contributed by atoms with Crippen LogP contribution in [0.25, 0.3) is 0 Å². The molecule has 0 aliphatic rings. The fourth-order valence-corrected chi connectivity index (χ4v) is 1.47. The Morgan fingerprint density at radius 3 is 2.43 bits per heavy atom. The van der Waals surface area contributed by atoms with Gasteiger partial charge in [0.05, 0.1) is 33.0 Å². The van der Waals surface area contributed by atoms with Gasteiger partial charge in [-0.25, -0.2) is 0 Å². The molecule has 0 aromatic carbocycles. The maximum atomic E-state index is 5.56. The van der Waals surface area contributed by atoms with E-state index >= 15 is 0 Å². The van der Waals surface area contributed by atoms with Crippen molar-refractivity contribution < 1.29 is 14.2 Å². The molecule has 0 aromatic rings. The monoisotopic (exact) mass is 303 g/mol. The number of rotatable bonds is 13. The minimum atomic E-state index is 0.602. The van der Waals surface area contributed by atoms with E-state index in [0.717, 1.165) is 32.1 Å². The third-order valence-corrected chi connectivity index (χ3v) is 2.66. The zero-order chi connectivity index (χ0) is 15.8. The van der Waals surface area contributed by atoms with Gasteiger partial charge in [-0.3, -0.25) is 4.99 Å².